The quantitative estimate of drug-likeness (QED) is 0.903. The summed E-state index contributed by atoms with van der Waals surface area (Å²) >= 11 is 5.89. The second-order valence-corrected chi connectivity index (χ2v) is 5.02. The van der Waals surface area contributed by atoms with E-state index in [9.17, 15) is 9.18 Å². The third kappa shape index (κ3) is 2.85. The highest BCUT2D eigenvalue weighted by molar-refractivity contribution is 6.31. The van der Waals surface area contributed by atoms with E-state index in [4.69, 9.17) is 17.3 Å². The number of carbonyl (C=O) groups excluding carboxylic acids is 1. The molecule has 1 aromatic rings. The van der Waals surface area contributed by atoms with Crippen LogP contribution in [0.2, 0.25) is 5.02 Å². The van der Waals surface area contributed by atoms with Crippen LogP contribution in [-0.4, -0.2) is 11.8 Å². The SMILES string of the molecule is NC1CCC(C(=O)Cc2c(F)cccc2Cl)C1. The van der Waals surface area contributed by atoms with Gasteiger partial charge < -0.3 is 5.73 Å². The molecular formula is C13H15ClFNO. The van der Waals surface area contributed by atoms with Crippen molar-refractivity contribution in [2.45, 2.75) is 31.7 Å². The van der Waals surface area contributed by atoms with Crippen LogP contribution < -0.4 is 5.73 Å². The Morgan fingerprint density at radius 2 is 2.24 bits per heavy atom. The van der Waals surface area contributed by atoms with Gasteiger partial charge in [-0.1, -0.05) is 17.7 Å². The number of halogens is 2. The zero-order chi connectivity index (χ0) is 12.4. The molecule has 2 atom stereocenters. The first kappa shape index (κ1) is 12.5. The van der Waals surface area contributed by atoms with Gasteiger partial charge in [-0.25, -0.2) is 4.39 Å². The molecule has 0 saturated heterocycles. The molecule has 1 saturated carbocycles. The number of hydrogen-bond acceptors (Lipinski definition) is 2. The number of ketones is 1. The normalized spacial score (nSPS) is 23.9. The average Bonchev–Trinajstić information content (AvgIpc) is 2.70. The molecule has 2 nitrogen and oxygen atoms in total. The Labute approximate surface area is 105 Å². The van der Waals surface area contributed by atoms with E-state index in [-0.39, 0.29) is 24.2 Å². The number of Topliss-reactive ketones (excluding diaryl/α,β-unsaturated/α-hetero) is 1. The van der Waals surface area contributed by atoms with E-state index in [1.165, 1.54) is 12.1 Å². The molecule has 92 valence electrons. The first-order valence-corrected chi connectivity index (χ1v) is 6.17. The van der Waals surface area contributed by atoms with Crippen molar-refractivity contribution >= 4 is 17.4 Å². The van der Waals surface area contributed by atoms with Crippen LogP contribution in [0.4, 0.5) is 4.39 Å². The third-order valence-corrected chi connectivity index (χ3v) is 3.70. The summed E-state index contributed by atoms with van der Waals surface area (Å²) in [5.41, 5.74) is 6.07. The molecule has 0 aromatic heterocycles. The molecule has 2 unspecified atom stereocenters. The second kappa shape index (κ2) is 5.15. The fourth-order valence-corrected chi connectivity index (χ4v) is 2.56. The molecule has 0 heterocycles. The average molecular weight is 256 g/mol. The molecule has 0 amide bonds. The Morgan fingerprint density at radius 1 is 1.47 bits per heavy atom. The summed E-state index contributed by atoms with van der Waals surface area (Å²) in [7, 11) is 0. The van der Waals surface area contributed by atoms with Gasteiger partial charge in [0.15, 0.2) is 0 Å². The lowest BCUT2D eigenvalue weighted by molar-refractivity contribution is -0.122. The minimum atomic E-state index is -0.409. The fourth-order valence-electron chi connectivity index (χ4n) is 2.33. The first-order chi connectivity index (χ1) is 8.08. The van der Waals surface area contributed by atoms with E-state index < -0.39 is 5.82 Å². The molecule has 2 rings (SSSR count). The number of benzene rings is 1. The van der Waals surface area contributed by atoms with E-state index in [0.717, 1.165) is 12.8 Å². The monoisotopic (exact) mass is 255 g/mol. The van der Waals surface area contributed by atoms with Gasteiger partial charge in [0.2, 0.25) is 0 Å². The van der Waals surface area contributed by atoms with Gasteiger partial charge in [0.1, 0.15) is 11.6 Å². The molecule has 4 heteroatoms. The van der Waals surface area contributed by atoms with Gasteiger partial charge in [-0.05, 0) is 31.4 Å². The summed E-state index contributed by atoms with van der Waals surface area (Å²) in [6, 6.07) is 4.58. The predicted molar refractivity (Wildman–Crippen MR) is 65.4 cm³/mol. The first-order valence-electron chi connectivity index (χ1n) is 5.79. The smallest absolute Gasteiger partial charge is 0.140 e. The molecule has 17 heavy (non-hydrogen) atoms. The van der Waals surface area contributed by atoms with Crippen LogP contribution in [0.25, 0.3) is 0 Å². The van der Waals surface area contributed by atoms with Crippen molar-refractivity contribution in [1.82, 2.24) is 0 Å². The molecule has 2 N–H and O–H groups in total. The van der Waals surface area contributed by atoms with Crippen LogP contribution in [0.1, 0.15) is 24.8 Å². The standard InChI is InChI=1S/C13H15ClFNO/c14-11-2-1-3-12(15)10(11)7-13(17)8-4-5-9(16)6-8/h1-3,8-9H,4-7,16H2. The molecule has 0 spiro atoms. The summed E-state index contributed by atoms with van der Waals surface area (Å²) in [5.74, 6) is -0.390. The maximum Gasteiger partial charge on any atom is 0.140 e. The molecule has 1 aliphatic rings. The van der Waals surface area contributed by atoms with Crippen molar-refractivity contribution in [3.05, 3.63) is 34.6 Å². The van der Waals surface area contributed by atoms with Crippen molar-refractivity contribution in [3.8, 4) is 0 Å². The van der Waals surface area contributed by atoms with Crippen molar-refractivity contribution in [2.75, 3.05) is 0 Å². The van der Waals surface area contributed by atoms with Crippen LogP contribution in [0.15, 0.2) is 18.2 Å². The summed E-state index contributed by atoms with van der Waals surface area (Å²) in [5, 5.41) is 0.320. The lowest BCUT2D eigenvalue weighted by atomic mass is 9.96. The van der Waals surface area contributed by atoms with Crippen LogP contribution in [0.5, 0.6) is 0 Å². The lowest BCUT2D eigenvalue weighted by Gasteiger charge is -2.10. The van der Waals surface area contributed by atoms with E-state index in [1.54, 1.807) is 6.07 Å². The molecular weight excluding hydrogens is 241 g/mol. The fraction of sp³-hybridized carbons (Fsp3) is 0.462. The van der Waals surface area contributed by atoms with Crippen molar-refractivity contribution in [3.63, 3.8) is 0 Å². The van der Waals surface area contributed by atoms with Gasteiger partial charge in [0.05, 0.1) is 0 Å². The molecule has 1 fully saturated rings. The van der Waals surface area contributed by atoms with Gasteiger partial charge in [-0.15, -0.1) is 0 Å². The van der Waals surface area contributed by atoms with E-state index in [2.05, 4.69) is 0 Å². The number of hydrogen-bond donors (Lipinski definition) is 1. The van der Waals surface area contributed by atoms with E-state index >= 15 is 0 Å². The summed E-state index contributed by atoms with van der Waals surface area (Å²) < 4.78 is 13.5. The topological polar surface area (TPSA) is 43.1 Å². The summed E-state index contributed by atoms with van der Waals surface area (Å²) in [4.78, 5) is 12.0. The Balaban J connectivity index is 2.08. The summed E-state index contributed by atoms with van der Waals surface area (Å²) in [6.45, 7) is 0. The van der Waals surface area contributed by atoms with Gasteiger partial charge in [-0.2, -0.15) is 0 Å². The largest absolute Gasteiger partial charge is 0.328 e. The van der Waals surface area contributed by atoms with E-state index in [1.807, 2.05) is 0 Å². The number of carbonyl (C=O) groups is 1. The zero-order valence-corrected chi connectivity index (χ0v) is 10.2. The van der Waals surface area contributed by atoms with Crippen LogP contribution in [0, 0.1) is 11.7 Å². The molecule has 0 aliphatic heterocycles. The van der Waals surface area contributed by atoms with Gasteiger partial charge in [0, 0.05) is 29.0 Å². The number of rotatable bonds is 3. The van der Waals surface area contributed by atoms with Crippen molar-refractivity contribution in [2.24, 2.45) is 11.7 Å². The van der Waals surface area contributed by atoms with Gasteiger partial charge in [-0.3, -0.25) is 4.79 Å². The maximum atomic E-state index is 13.5. The highest BCUT2D eigenvalue weighted by Gasteiger charge is 2.28. The zero-order valence-electron chi connectivity index (χ0n) is 9.46. The summed E-state index contributed by atoms with van der Waals surface area (Å²) in [6.07, 6.45) is 2.47. The predicted octanol–water partition coefficient (Wildman–Crippen LogP) is 2.72. The maximum absolute atomic E-state index is 13.5. The van der Waals surface area contributed by atoms with Crippen molar-refractivity contribution < 1.29 is 9.18 Å². The van der Waals surface area contributed by atoms with Crippen molar-refractivity contribution in [1.29, 1.82) is 0 Å². The molecule has 1 aliphatic carbocycles. The molecule has 0 bridgehead atoms. The van der Waals surface area contributed by atoms with Gasteiger partial charge >= 0.3 is 0 Å². The third-order valence-electron chi connectivity index (χ3n) is 3.34. The minimum Gasteiger partial charge on any atom is -0.328 e. The molecule has 1 aromatic carbocycles. The highest BCUT2D eigenvalue weighted by atomic mass is 35.5. The van der Waals surface area contributed by atoms with Crippen LogP contribution in [-0.2, 0) is 11.2 Å². The van der Waals surface area contributed by atoms with Crippen LogP contribution in [0.3, 0.4) is 0 Å². The second-order valence-electron chi connectivity index (χ2n) is 4.61. The Bertz CT molecular complexity index is 415. The van der Waals surface area contributed by atoms with Crippen LogP contribution >= 0.6 is 11.6 Å². The highest BCUT2D eigenvalue weighted by Crippen LogP contribution is 2.28. The number of nitrogens with two attached hydrogens (primary N) is 1. The lowest BCUT2D eigenvalue weighted by Crippen LogP contribution is -2.19. The Morgan fingerprint density at radius 3 is 2.82 bits per heavy atom. The Kier molecular flexibility index (Phi) is 3.79. The van der Waals surface area contributed by atoms with E-state index in [0.29, 0.717) is 17.0 Å². The minimum absolute atomic E-state index is 0.0272. The van der Waals surface area contributed by atoms with Gasteiger partial charge in [0.25, 0.3) is 0 Å². The molecule has 0 radical (unpaired) electrons. The Hall–Kier alpha value is -0.930.